The Labute approximate surface area is 121 Å². The molecule has 2 fully saturated rings. The maximum atomic E-state index is 3.62. The summed E-state index contributed by atoms with van der Waals surface area (Å²) in [7, 11) is 0. The molecule has 0 radical (unpaired) electrons. The molecule has 2 aliphatic rings. The number of hydrogen-bond donors (Lipinski definition) is 0. The van der Waals surface area contributed by atoms with Crippen molar-refractivity contribution < 1.29 is 0 Å². The SMILES string of the molecule is BrCCN(CCCN1CCCC1)C1CCCCC1. The molecule has 2 rings (SSSR count). The second-order valence-corrected chi connectivity index (χ2v) is 6.71. The molecule has 0 aromatic heterocycles. The fraction of sp³-hybridized carbons (Fsp3) is 1.00. The Kier molecular flexibility index (Phi) is 7.03. The van der Waals surface area contributed by atoms with Crippen LogP contribution in [-0.2, 0) is 0 Å². The van der Waals surface area contributed by atoms with Crippen LogP contribution in [0.5, 0.6) is 0 Å². The highest BCUT2D eigenvalue weighted by molar-refractivity contribution is 9.09. The van der Waals surface area contributed by atoms with Crippen molar-refractivity contribution in [3.8, 4) is 0 Å². The molecule has 18 heavy (non-hydrogen) atoms. The summed E-state index contributed by atoms with van der Waals surface area (Å²) >= 11 is 3.62. The Morgan fingerprint density at radius 3 is 2.33 bits per heavy atom. The minimum Gasteiger partial charge on any atom is -0.303 e. The molecular formula is C15H29BrN2. The largest absolute Gasteiger partial charge is 0.303 e. The molecule has 1 aliphatic heterocycles. The van der Waals surface area contributed by atoms with E-state index >= 15 is 0 Å². The maximum Gasteiger partial charge on any atom is 0.0159 e. The molecular weight excluding hydrogens is 288 g/mol. The molecule has 0 aromatic carbocycles. The topological polar surface area (TPSA) is 6.48 Å². The van der Waals surface area contributed by atoms with Gasteiger partial charge in [-0.25, -0.2) is 0 Å². The van der Waals surface area contributed by atoms with E-state index in [-0.39, 0.29) is 0 Å². The predicted molar refractivity (Wildman–Crippen MR) is 82.5 cm³/mol. The third-order valence-electron chi connectivity index (χ3n) is 4.58. The molecule has 1 saturated heterocycles. The van der Waals surface area contributed by atoms with E-state index in [0.717, 1.165) is 11.4 Å². The van der Waals surface area contributed by atoms with Gasteiger partial charge in [-0.1, -0.05) is 35.2 Å². The first-order valence-corrected chi connectivity index (χ1v) is 9.04. The molecule has 0 bridgehead atoms. The lowest BCUT2D eigenvalue weighted by Crippen LogP contribution is -2.39. The molecule has 0 atom stereocenters. The van der Waals surface area contributed by atoms with Crippen molar-refractivity contribution in [1.29, 1.82) is 0 Å². The molecule has 1 aliphatic carbocycles. The van der Waals surface area contributed by atoms with Gasteiger partial charge in [-0.15, -0.1) is 0 Å². The van der Waals surface area contributed by atoms with Crippen molar-refractivity contribution in [2.45, 2.75) is 57.4 Å². The van der Waals surface area contributed by atoms with Crippen LogP contribution in [0.3, 0.4) is 0 Å². The first-order valence-electron chi connectivity index (χ1n) is 7.92. The van der Waals surface area contributed by atoms with Gasteiger partial charge in [-0.3, -0.25) is 4.90 Å². The first kappa shape index (κ1) is 14.8. The van der Waals surface area contributed by atoms with Crippen LogP contribution in [-0.4, -0.2) is 53.9 Å². The van der Waals surface area contributed by atoms with Gasteiger partial charge in [0.25, 0.3) is 0 Å². The first-order chi connectivity index (χ1) is 8.90. The Morgan fingerprint density at radius 2 is 1.67 bits per heavy atom. The van der Waals surface area contributed by atoms with Crippen LogP contribution in [0.1, 0.15) is 51.4 Å². The lowest BCUT2D eigenvalue weighted by Gasteiger charge is -2.34. The van der Waals surface area contributed by atoms with Crippen LogP contribution in [0.2, 0.25) is 0 Å². The van der Waals surface area contributed by atoms with Gasteiger partial charge in [0, 0.05) is 17.9 Å². The van der Waals surface area contributed by atoms with E-state index in [0.29, 0.717) is 0 Å². The van der Waals surface area contributed by atoms with E-state index in [1.165, 1.54) is 84.1 Å². The highest BCUT2D eigenvalue weighted by Gasteiger charge is 2.20. The van der Waals surface area contributed by atoms with Crippen LogP contribution < -0.4 is 0 Å². The van der Waals surface area contributed by atoms with E-state index < -0.39 is 0 Å². The van der Waals surface area contributed by atoms with Crippen LogP contribution in [0.25, 0.3) is 0 Å². The lowest BCUT2D eigenvalue weighted by atomic mass is 9.94. The van der Waals surface area contributed by atoms with Crippen molar-refractivity contribution in [2.75, 3.05) is 38.1 Å². The average molecular weight is 317 g/mol. The molecule has 0 amide bonds. The number of nitrogens with zero attached hydrogens (tertiary/aromatic N) is 2. The van der Waals surface area contributed by atoms with Crippen molar-refractivity contribution >= 4 is 15.9 Å². The van der Waals surface area contributed by atoms with E-state index in [1.54, 1.807) is 0 Å². The standard InChI is InChI=1S/C15H29BrN2/c16-9-14-18(15-7-2-1-3-8-15)13-6-12-17-10-4-5-11-17/h15H,1-14H2. The molecule has 0 unspecified atom stereocenters. The summed E-state index contributed by atoms with van der Waals surface area (Å²) in [5, 5.41) is 1.13. The summed E-state index contributed by atoms with van der Waals surface area (Å²) in [5.41, 5.74) is 0. The lowest BCUT2D eigenvalue weighted by molar-refractivity contribution is 0.157. The van der Waals surface area contributed by atoms with Crippen molar-refractivity contribution in [3.63, 3.8) is 0 Å². The fourth-order valence-corrected chi connectivity index (χ4v) is 3.99. The van der Waals surface area contributed by atoms with Crippen LogP contribution in [0, 0.1) is 0 Å². The summed E-state index contributed by atoms with van der Waals surface area (Å²) in [6.07, 6.45) is 11.5. The molecule has 1 saturated carbocycles. The van der Waals surface area contributed by atoms with Gasteiger partial charge in [0.15, 0.2) is 0 Å². The van der Waals surface area contributed by atoms with Crippen LogP contribution in [0.15, 0.2) is 0 Å². The van der Waals surface area contributed by atoms with E-state index in [4.69, 9.17) is 0 Å². The van der Waals surface area contributed by atoms with E-state index in [9.17, 15) is 0 Å². The Hall–Kier alpha value is 0.400. The van der Waals surface area contributed by atoms with E-state index in [1.807, 2.05) is 0 Å². The molecule has 1 heterocycles. The summed E-state index contributed by atoms with van der Waals surface area (Å²) in [6, 6.07) is 0.884. The average Bonchev–Trinajstić information content (AvgIpc) is 2.92. The van der Waals surface area contributed by atoms with Gasteiger partial charge >= 0.3 is 0 Å². The molecule has 3 heteroatoms. The molecule has 0 spiro atoms. The molecule has 0 N–H and O–H groups in total. The minimum atomic E-state index is 0.884. The third-order valence-corrected chi connectivity index (χ3v) is 4.94. The summed E-state index contributed by atoms with van der Waals surface area (Å²) < 4.78 is 0. The normalized spacial score (nSPS) is 23.0. The number of likely N-dealkylation sites (tertiary alicyclic amines) is 1. The van der Waals surface area contributed by atoms with Gasteiger partial charge < -0.3 is 4.90 Å². The highest BCUT2D eigenvalue weighted by Crippen LogP contribution is 2.23. The number of rotatable bonds is 7. The Bertz CT molecular complexity index is 211. The van der Waals surface area contributed by atoms with Gasteiger partial charge in [0.05, 0.1) is 0 Å². The second kappa shape index (κ2) is 8.55. The quantitative estimate of drug-likeness (QED) is 0.663. The van der Waals surface area contributed by atoms with Gasteiger partial charge in [0.2, 0.25) is 0 Å². The zero-order valence-corrected chi connectivity index (χ0v) is 13.3. The Morgan fingerprint density at radius 1 is 0.944 bits per heavy atom. The van der Waals surface area contributed by atoms with Crippen LogP contribution in [0.4, 0.5) is 0 Å². The molecule has 2 nitrogen and oxygen atoms in total. The van der Waals surface area contributed by atoms with Crippen LogP contribution >= 0.6 is 15.9 Å². The van der Waals surface area contributed by atoms with E-state index in [2.05, 4.69) is 25.7 Å². The molecule has 0 aromatic rings. The maximum absolute atomic E-state index is 3.62. The number of halogens is 1. The predicted octanol–water partition coefficient (Wildman–Crippen LogP) is 3.50. The van der Waals surface area contributed by atoms with Gasteiger partial charge in [-0.2, -0.15) is 0 Å². The summed E-state index contributed by atoms with van der Waals surface area (Å²) in [4.78, 5) is 5.40. The third kappa shape index (κ3) is 4.82. The highest BCUT2D eigenvalue weighted by atomic mass is 79.9. The summed E-state index contributed by atoms with van der Waals surface area (Å²) in [6.45, 7) is 6.58. The number of hydrogen-bond acceptors (Lipinski definition) is 2. The smallest absolute Gasteiger partial charge is 0.0159 e. The molecule has 106 valence electrons. The number of alkyl halides is 1. The van der Waals surface area contributed by atoms with Gasteiger partial charge in [0.1, 0.15) is 0 Å². The van der Waals surface area contributed by atoms with Crippen molar-refractivity contribution in [3.05, 3.63) is 0 Å². The van der Waals surface area contributed by atoms with Gasteiger partial charge in [-0.05, 0) is 58.3 Å². The van der Waals surface area contributed by atoms with Crippen molar-refractivity contribution in [1.82, 2.24) is 9.80 Å². The minimum absolute atomic E-state index is 0.884. The monoisotopic (exact) mass is 316 g/mol. The zero-order valence-electron chi connectivity index (χ0n) is 11.7. The fourth-order valence-electron chi connectivity index (χ4n) is 3.54. The Balaban J connectivity index is 1.67. The van der Waals surface area contributed by atoms with Crippen molar-refractivity contribution in [2.24, 2.45) is 0 Å². The summed E-state index contributed by atoms with van der Waals surface area (Å²) in [5.74, 6) is 0. The second-order valence-electron chi connectivity index (χ2n) is 5.92. The zero-order chi connectivity index (χ0) is 12.6.